The van der Waals surface area contributed by atoms with Gasteiger partial charge in [-0.3, -0.25) is 0 Å². The van der Waals surface area contributed by atoms with Gasteiger partial charge < -0.3 is 10.6 Å². The maximum Gasteiger partial charge on any atom is 0.0523 e. The molecular weight excluding hydrogens is 332 g/mol. The van der Waals surface area contributed by atoms with Gasteiger partial charge in [0.05, 0.1) is 12.2 Å². The fraction of sp³-hybridized carbons (Fsp3) is 0.375. The van der Waals surface area contributed by atoms with Gasteiger partial charge in [-0.15, -0.1) is 11.3 Å². The molecule has 4 heteroatoms. The van der Waals surface area contributed by atoms with Crippen molar-refractivity contribution in [2.45, 2.75) is 32.9 Å². The van der Waals surface area contributed by atoms with Crippen LogP contribution in [0.25, 0.3) is 0 Å². The van der Waals surface area contributed by atoms with E-state index in [0.29, 0.717) is 0 Å². The van der Waals surface area contributed by atoms with Crippen molar-refractivity contribution >= 4 is 33.0 Å². The summed E-state index contributed by atoms with van der Waals surface area (Å²) in [5.74, 6) is 0. The Morgan fingerprint density at radius 2 is 2.15 bits per heavy atom. The lowest BCUT2D eigenvalue weighted by Crippen LogP contribution is -2.22. The largest absolute Gasteiger partial charge is 0.366 e. The van der Waals surface area contributed by atoms with Crippen molar-refractivity contribution in [1.82, 2.24) is 0 Å². The summed E-state index contributed by atoms with van der Waals surface area (Å²) in [7, 11) is 0. The van der Waals surface area contributed by atoms with Gasteiger partial charge in [-0.1, -0.05) is 12.1 Å². The summed E-state index contributed by atoms with van der Waals surface area (Å²) < 4.78 is 1.15. The predicted octanol–water partition coefficient (Wildman–Crippen LogP) is 4.43. The molecule has 0 radical (unpaired) electrons. The molecule has 1 heterocycles. The van der Waals surface area contributed by atoms with Gasteiger partial charge >= 0.3 is 0 Å². The number of hydrogen-bond acceptors (Lipinski definition) is 3. The highest BCUT2D eigenvalue weighted by Crippen LogP contribution is 2.29. The average molecular weight is 353 g/mol. The topological polar surface area (TPSA) is 29.3 Å². The first kappa shape index (κ1) is 15.5. The van der Waals surface area contributed by atoms with E-state index < -0.39 is 0 Å². The Bertz CT molecular complexity index is 537. The summed E-state index contributed by atoms with van der Waals surface area (Å²) in [6, 6.07) is 11.1. The zero-order valence-corrected chi connectivity index (χ0v) is 14.4. The van der Waals surface area contributed by atoms with Crippen molar-refractivity contribution in [3.05, 3.63) is 50.6 Å². The molecule has 0 amide bonds. The van der Waals surface area contributed by atoms with Crippen molar-refractivity contribution < 1.29 is 0 Å². The second-order valence-electron chi connectivity index (χ2n) is 5.06. The van der Waals surface area contributed by atoms with Crippen LogP contribution >= 0.6 is 27.3 Å². The highest BCUT2D eigenvalue weighted by atomic mass is 79.9. The molecule has 2 aromatic rings. The van der Waals surface area contributed by atoms with Crippen molar-refractivity contribution in [3.8, 4) is 0 Å². The summed E-state index contributed by atoms with van der Waals surface area (Å²) in [4.78, 5) is 3.77. The monoisotopic (exact) mass is 352 g/mol. The van der Waals surface area contributed by atoms with E-state index in [4.69, 9.17) is 5.73 Å². The molecule has 0 spiro atoms. The highest BCUT2D eigenvalue weighted by molar-refractivity contribution is 9.10. The van der Waals surface area contributed by atoms with E-state index in [1.807, 2.05) is 6.92 Å². The maximum absolute atomic E-state index is 5.86. The molecule has 1 atom stereocenters. The molecule has 1 aromatic carbocycles. The predicted molar refractivity (Wildman–Crippen MR) is 92.5 cm³/mol. The first-order valence-corrected chi connectivity index (χ1v) is 8.58. The van der Waals surface area contributed by atoms with Crippen LogP contribution in [0.3, 0.4) is 0 Å². The van der Waals surface area contributed by atoms with E-state index in [2.05, 4.69) is 63.5 Å². The van der Waals surface area contributed by atoms with Gasteiger partial charge in [-0.25, -0.2) is 0 Å². The minimum Gasteiger partial charge on any atom is -0.366 e. The molecule has 2 N–H and O–H groups in total. The SMILES string of the molecule is CCN(Cc1cccs1)c1ccc(CC(C)N)cc1Br. The molecule has 0 saturated heterocycles. The summed E-state index contributed by atoms with van der Waals surface area (Å²) in [5.41, 5.74) is 8.39. The Kier molecular flexibility index (Phi) is 5.64. The standard InChI is InChI=1S/C16H21BrN2S/c1-3-19(11-14-5-4-8-20-14)16-7-6-13(9-12(2)18)10-15(16)17/h4-8,10,12H,3,9,11,18H2,1-2H3. The van der Waals surface area contributed by atoms with Crippen LogP contribution in [-0.4, -0.2) is 12.6 Å². The molecule has 0 saturated carbocycles. The van der Waals surface area contributed by atoms with Crippen LogP contribution in [-0.2, 0) is 13.0 Å². The second-order valence-corrected chi connectivity index (χ2v) is 6.95. The number of anilines is 1. The normalized spacial score (nSPS) is 12.4. The van der Waals surface area contributed by atoms with E-state index in [0.717, 1.165) is 24.0 Å². The Hall–Kier alpha value is -0.840. The number of thiophene rings is 1. The van der Waals surface area contributed by atoms with Crippen LogP contribution in [0.1, 0.15) is 24.3 Å². The lowest BCUT2D eigenvalue weighted by Gasteiger charge is -2.24. The van der Waals surface area contributed by atoms with Crippen LogP contribution in [0.5, 0.6) is 0 Å². The maximum atomic E-state index is 5.86. The van der Waals surface area contributed by atoms with E-state index in [9.17, 15) is 0 Å². The smallest absolute Gasteiger partial charge is 0.0523 e. The van der Waals surface area contributed by atoms with E-state index in [1.54, 1.807) is 11.3 Å². The summed E-state index contributed by atoms with van der Waals surface area (Å²) >= 11 is 5.51. The van der Waals surface area contributed by atoms with Gasteiger partial charge in [0, 0.05) is 21.9 Å². The van der Waals surface area contributed by atoms with Crippen LogP contribution in [0, 0.1) is 0 Å². The minimum absolute atomic E-state index is 0.196. The summed E-state index contributed by atoms with van der Waals surface area (Å²) in [5, 5.41) is 2.13. The van der Waals surface area contributed by atoms with Crippen molar-refractivity contribution in [3.63, 3.8) is 0 Å². The van der Waals surface area contributed by atoms with Crippen LogP contribution in [0.15, 0.2) is 40.2 Å². The van der Waals surface area contributed by atoms with Crippen molar-refractivity contribution in [1.29, 1.82) is 0 Å². The first-order chi connectivity index (χ1) is 9.60. The molecule has 1 aromatic heterocycles. The fourth-order valence-electron chi connectivity index (χ4n) is 2.26. The average Bonchev–Trinajstić information content (AvgIpc) is 2.89. The first-order valence-electron chi connectivity index (χ1n) is 6.91. The lowest BCUT2D eigenvalue weighted by atomic mass is 10.1. The molecule has 108 valence electrons. The number of nitrogens with two attached hydrogens (primary N) is 1. The fourth-order valence-corrected chi connectivity index (χ4v) is 3.66. The van der Waals surface area contributed by atoms with Gasteiger partial charge in [-0.2, -0.15) is 0 Å². The van der Waals surface area contributed by atoms with E-state index >= 15 is 0 Å². The zero-order valence-electron chi connectivity index (χ0n) is 12.0. The van der Waals surface area contributed by atoms with Gasteiger partial charge in [0.25, 0.3) is 0 Å². The third-order valence-electron chi connectivity index (χ3n) is 3.22. The van der Waals surface area contributed by atoms with E-state index in [-0.39, 0.29) is 6.04 Å². The summed E-state index contributed by atoms with van der Waals surface area (Å²) in [6.45, 7) is 6.18. The Morgan fingerprint density at radius 3 is 2.70 bits per heavy atom. The molecule has 0 aliphatic rings. The highest BCUT2D eigenvalue weighted by Gasteiger charge is 2.11. The number of benzene rings is 1. The van der Waals surface area contributed by atoms with Crippen molar-refractivity contribution in [2.24, 2.45) is 5.73 Å². The molecule has 0 aliphatic heterocycles. The van der Waals surface area contributed by atoms with Crippen LogP contribution in [0.4, 0.5) is 5.69 Å². The molecular formula is C16H21BrN2S. The number of hydrogen-bond donors (Lipinski definition) is 1. The quantitative estimate of drug-likeness (QED) is 0.833. The number of halogens is 1. The molecule has 0 fully saturated rings. The lowest BCUT2D eigenvalue weighted by molar-refractivity contribution is 0.737. The van der Waals surface area contributed by atoms with Crippen molar-refractivity contribution in [2.75, 3.05) is 11.4 Å². The summed E-state index contributed by atoms with van der Waals surface area (Å²) in [6.07, 6.45) is 0.913. The third kappa shape index (κ3) is 4.08. The molecule has 0 bridgehead atoms. The molecule has 2 rings (SSSR count). The Morgan fingerprint density at radius 1 is 1.35 bits per heavy atom. The number of rotatable bonds is 6. The van der Waals surface area contributed by atoms with Gasteiger partial charge in [0.15, 0.2) is 0 Å². The molecule has 20 heavy (non-hydrogen) atoms. The number of nitrogens with zero attached hydrogens (tertiary/aromatic N) is 1. The van der Waals surface area contributed by atoms with E-state index in [1.165, 1.54) is 16.1 Å². The zero-order chi connectivity index (χ0) is 14.5. The third-order valence-corrected chi connectivity index (χ3v) is 4.72. The van der Waals surface area contributed by atoms with Gasteiger partial charge in [-0.05, 0) is 65.3 Å². The van der Waals surface area contributed by atoms with Gasteiger partial charge in [0.1, 0.15) is 0 Å². The molecule has 2 nitrogen and oxygen atoms in total. The minimum atomic E-state index is 0.196. The Labute approximate surface area is 133 Å². The molecule has 1 unspecified atom stereocenters. The molecule has 0 aliphatic carbocycles. The van der Waals surface area contributed by atoms with Gasteiger partial charge in [0.2, 0.25) is 0 Å². The van der Waals surface area contributed by atoms with Crippen LogP contribution < -0.4 is 10.6 Å². The Balaban J connectivity index is 2.17. The second kappa shape index (κ2) is 7.25. The van der Waals surface area contributed by atoms with Crippen LogP contribution in [0.2, 0.25) is 0 Å².